The Labute approximate surface area is 207 Å². The van der Waals surface area contributed by atoms with Crippen LogP contribution in [0.1, 0.15) is 40.8 Å². The molecule has 178 valence electrons. The molecule has 3 N–H and O–H groups in total. The van der Waals surface area contributed by atoms with E-state index < -0.39 is 29.7 Å². The van der Waals surface area contributed by atoms with Crippen molar-refractivity contribution in [3.63, 3.8) is 0 Å². The van der Waals surface area contributed by atoms with E-state index in [1.807, 2.05) is 6.08 Å². The Balaban J connectivity index is 1.32. The van der Waals surface area contributed by atoms with Gasteiger partial charge >= 0.3 is 0 Å². The van der Waals surface area contributed by atoms with Crippen molar-refractivity contribution in [3.05, 3.63) is 71.0 Å². The number of imidazole rings is 1. The van der Waals surface area contributed by atoms with Crippen LogP contribution in [0.4, 0.5) is 14.6 Å². The number of pyridine rings is 1. The number of halogens is 3. The van der Waals surface area contributed by atoms with Crippen molar-refractivity contribution in [3.8, 4) is 16.9 Å². The average Bonchev–Trinajstić information content (AvgIpc) is 3.64. The van der Waals surface area contributed by atoms with E-state index in [1.165, 1.54) is 17.1 Å². The van der Waals surface area contributed by atoms with E-state index in [4.69, 9.17) is 21.4 Å². The number of H-pyrrole nitrogens is 1. The molecule has 2 atom stereocenters. The Kier molecular flexibility index (Phi) is 4.52. The number of nitrogens with zero attached hydrogens (tertiary/aromatic N) is 7. The van der Waals surface area contributed by atoms with Gasteiger partial charge in [0.1, 0.15) is 18.0 Å². The number of rotatable bonds is 4. The molecule has 1 saturated heterocycles. The molecular formula is C23H20ClF2N9. The van der Waals surface area contributed by atoms with E-state index in [9.17, 15) is 4.39 Å². The second-order valence-corrected chi connectivity index (χ2v) is 8.82. The van der Waals surface area contributed by atoms with Crippen molar-refractivity contribution in [1.82, 2.24) is 40.1 Å². The van der Waals surface area contributed by atoms with Crippen molar-refractivity contribution in [1.29, 1.82) is 0 Å². The van der Waals surface area contributed by atoms with Crippen LogP contribution in [0.2, 0.25) is 5.02 Å². The summed E-state index contributed by atoms with van der Waals surface area (Å²) < 4.78 is 55.6. The quantitative estimate of drug-likeness (QED) is 0.409. The van der Waals surface area contributed by atoms with E-state index in [0.717, 1.165) is 12.0 Å². The zero-order valence-electron chi connectivity index (χ0n) is 21.1. The third-order valence-electron chi connectivity index (χ3n) is 6.48. The minimum atomic E-state index is -1.04. The molecule has 35 heavy (non-hydrogen) atoms. The molecule has 0 amide bonds. The van der Waals surface area contributed by atoms with Crippen molar-refractivity contribution in [2.45, 2.75) is 31.3 Å². The Morgan fingerprint density at radius 2 is 2.11 bits per heavy atom. The van der Waals surface area contributed by atoms with Crippen LogP contribution in [0.5, 0.6) is 0 Å². The molecule has 0 spiro atoms. The third-order valence-corrected chi connectivity index (χ3v) is 6.78. The van der Waals surface area contributed by atoms with Crippen LogP contribution in [0, 0.1) is 11.8 Å². The molecule has 2 aliphatic rings. The van der Waals surface area contributed by atoms with E-state index in [1.54, 1.807) is 6.07 Å². The molecule has 1 aromatic carbocycles. The van der Waals surface area contributed by atoms with E-state index in [2.05, 4.69) is 35.4 Å². The van der Waals surface area contributed by atoms with Crippen LogP contribution >= 0.6 is 11.6 Å². The molecule has 0 radical (unpaired) electrons. The highest BCUT2D eigenvalue weighted by Gasteiger charge is 2.38. The van der Waals surface area contributed by atoms with Gasteiger partial charge < -0.3 is 10.7 Å². The summed E-state index contributed by atoms with van der Waals surface area (Å²) in [5.41, 5.74) is 6.80. The van der Waals surface area contributed by atoms with Crippen LogP contribution in [0.3, 0.4) is 0 Å². The summed E-state index contributed by atoms with van der Waals surface area (Å²) in [6, 6.07) is 2.13. The number of nitrogen functional groups attached to an aromatic ring is 1. The maximum Gasteiger partial charge on any atom is 0.224 e. The molecule has 0 unspecified atom stereocenters. The summed E-state index contributed by atoms with van der Waals surface area (Å²) in [6.45, 7) is 0.480. The van der Waals surface area contributed by atoms with Gasteiger partial charge in [0.25, 0.3) is 0 Å². The van der Waals surface area contributed by atoms with Crippen LogP contribution in [0.25, 0.3) is 22.5 Å². The fourth-order valence-electron chi connectivity index (χ4n) is 4.90. The lowest BCUT2D eigenvalue weighted by Crippen LogP contribution is -2.35. The van der Waals surface area contributed by atoms with Gasteiger partial charge in [-0.25, -0.2) is 14.4 Å². The smallest absolute Gasteiger partial charge is 0.224 e. The zero-order valence-corrected chi connectivity index (χ0v) is 18.9. The summed E-state index contributed by atoms with van der Waals surface area (Å²) in [5, 5.41) is 11.2. The molecule has 2 aliphatic heterocycles. The minimum Gasteiger partial charge on any atom is -0.384 e. The molecule has 4 aromatic rings. The van der Waals surface area contributed by atoms with Crippen LogP contribution in [-0.4, -0.2) is 52.6 Å². The van der Waals surface area contributed by atoms with Crippen molar-refractivity contribution in [2.24, 2.45) is 0 Å². The molecule has 0 aliphatic carbocycles. The third kappa shape index (κ3) is 3.76. The largest absolute Gasteiger partial charge is 0.384 e. The molecule has 5 heterocycles. The van der Waals surface area contributed by atoms with Crippen LogP contribution in [0.15, 0.2) is 42.8 Å². The number of nitrogens with one attached hydrogen (secondary N) is 1. The second-order valence-electron chi connectivity index (χ2n) is 8.41. The number of aromatic amines is 1. The SMILES string of the molecule is [2H]c1nc([C@H]2CC[C@H]3CC(c4c(-n5cnnn5)ccc(Cl)c4F)=CCN32)[nH]c1-c1c(F)nc(N)c([2H])c1[2H]. The van der Waals surface area contributed by atoms with Gasteiger partial charge in [-0.3, -0.25) is 4.90 Å². The highest BCUT2D eigenvalue weighted by Crippen LogP contribution is 2.43. The lowest BCUT2D eigenvalue weighted by molar-refractivity contribution is 0.205. The Hall–Kier alpha value is -3.70. The van der Waals surface area contributed by atoms with Gasteiger partial charge in [-0.1, -0.05) is 17.7 Å². The lowest BCUT2D eigenvalue weighted by Gasteiger charge is -2.33. The molecule has 0 bridgehead atoms. The fourth-order valence-corrected chi connectivity index (χ4v) is 5.06. The normalized spacial score (nSPS) is 21.3. The van der Waals surface area contributed by atoms with Gasteiger partial charge in [0.15, 0.2) is 5.82 Å². The van der Waals surface area contributed by atoms with Crippen LogP contribution < -0.4 is 5.73 Å². The van der Waals surface area contributed by atoms with Crippen LogP contribution in [-0.2, 0) is 0 Å². The molecule has 0 saturated carbocycles. The number of hydrogen-bond donors (Lipinski definition) is 2. The monoisotopic (exact) mass is 498 g/mol. The first-order valence-corrected chi connectivity index (χ1v) is 11.3. The molecular weight excluding hydrogens is 476 g/mol. The number of nitrogens with two attached hydrogens (primary N) is 1. The highest BCUT2D eigenvalue weighted by molar-refractivity contribution is 6.31. The molecule has 1 fully saturated rings. The standard InChI is InChI=1S/C23H20ClF2N9/c24-15-3-5-17(35-11-29-32-33-35)20(21(15)25)12-7-8-34-13(9-12)1-4-18(34)23-28-10-16(30-23)14-2-6-19(27)31-22(14)26/h2-3,5-7,10-11,13,18H,1,4,8-9H2,(H2,27,31)(H,28,30)/t13-,18+/m0/s1/i2D,6D,10D. The van der Waals surface area contributed by atoms with Gasteiger partial charge in [0, 0.05) is 18.2 Å². The van der Waals surface area contributed by atoms with Gasteiger partial charge in [-0.05, 0) is 59.5 Å². The number of hydrogen-bond acceptors (Lipinski definition) is 7. The second kappa shape index (κ2) is 8.51. The average molecular weight is 499 g/mol. The molecule has 6 rings (SSSR count). The zero-order chi connectivity index (χ0) is 26.7. The van der Waals surface area contributed by atoms with E-state index in [-0.39, 0.29) is 34.5 Å². The number of anilines is 1. The number of aromatic nitrogens is 7. The highest BCUT2D eigenvalue weighted by atomic mass is 35.5. The van der Waals surface area contributed by atoms with Gasteiger partial charge in [0.2, 0.25) is 5.95 Å². The fraction of sp³-hybridized carbons (Fsp3) is 0.261. The first kappa shape index (κ1) is 18.6. The lowest BCUT2D eigenvalue weighted by atomic mass is 9.92. The van der Waals surface area contributed by atoms with E-state index >= 15 is 4.39 Å². The minimum absolute atomic E-state index is 0.00420. The molecule has 9 nitrogen and oxygen atoms in total. The Morgan fingerprint density at radius 1 is 1.23 bits per heavy atom. The summed E-state index contributed by atoms with van der Waals surface area (Å²) in [4.78, 5) is 13.0. The summed E-state index contributed by atoms with van der Waals surface area (Å²) in [7, 11) is 0. The Morgan fingerprint density at radius 3 is 2.94 bits per heavy atom. The van der Waals surface area contributed by atoms with Crippen molar-refractivity contribution < 1.29 is 12.9 Å². The van der Waals surface area contributed by atoms with Crippen molar-refractivity contribution >= 4 is 23.0 Å². The first-order valence-electron chi connectivity index (χ1n) is 12.4. The van der Waals surface area contributed by atoms with Gasteiger partial charge in [0.05, 0.1) is 38.3 Å². The number of tetrazole rings is 1. The van der Waals surface area contributed by atoms with Gasteiger partial charge in [-0.15, -0.1) is 5.10 Å². The summed E-state index contributed by atoms with van der Waals surface area (Å²) in [5.74, 6) is -1.52. The first-order chi connectivity index (χ1) is 18.2. The predicted molar refractivity (Wildman–Crippen MR) is 125 cm³/mol. The van der Waals surface area contributed by atoms with E-state index in [0.29, 0.717) is 36.5 Å². The summed E-state index contributed by atoms with van der Waals surface area (Å²) in [6.07, 6.45) is 5.11. The maximum atomic E-state index is 15.3. The predicted octanol–water partition coefficient (Wildman–Crippen LogP) is 3.95. The summed E-state index contributed by atoms with van der Waals surface area (Å²) >= 11 is 6.12. The van der Waals surface area contributed by atoms with Crippen molar-refractivity contribution in [2.75, 3.05) is 12.3 Å². The number of fused-ring (bicyclic) bond motifs is 1. The van der Waals surface area contributed by atoms with Gasteiger partial charge in [-0.2, -0.15) is 9.07 Å². The Bertz CT molecular complexity index is 1590. The molecule has 12 heteroatoms. The number of benzene rings is 1. The molecule has 3 aromatic heterocycles. The topological polar surface area (TPSA) is 114 Å². The maximum absolute atomic E-state index is 15.3.